The molecule has 1 amide bonds. The van der Waals surface area contributed by atoms with Crippen molar-refractivity contribution in [3.63, 3.8) is 0 Å². The molecule has 2 heterocycles. The van der Waals surface area contributed by atoms with Crippen LogP contribution in [0.15, 0.2) is 46.2 Å². The van der Waals surface area contributed by atoms with Gasteiger partial charge < -0.3 is 4.90 Å². The number of rotatable bonds is 6. The van der Waals surface area contributed by atoms with Gasteiger partial charge in [-0.25, -0.2) is 25.4 Å². The Kier molecular flexibility index (Phi) is 14.9. The van der Waals surface area contributed by atoms with Crippen molar-refractivity contribution in [2.45, 2.75) is 78.3 Å². The SMILES string of the molecule is C.C.C.CCC(=O)N1CCc2ccc(S(=O)(=O)N(C)C)cc2C1.CCN1CCc2ccc(S(=O)(=O)N(C)C)cc2C1. The van der Waals surface area contributed by atoms with Crippen LogP contribution in [0.2, 0.25) is 0 Å². The number of benzene rings is 2. The zero-order valence-corrected chi connectivity index (χ0v) is 24.9. The summed E-state index contributed by atoms with van der Waals surface area (Å²) in [6.45, 7) is 8.09. The van der Waals surface area contributed by atoms with Crippen molar-refractivity contribution in [2.24, 2.45) is 0 Å². The molecule has 9 nitrogen and oxygen atoms in total. The van der Waals surface area contributed by atoms with Crippen LogP contribution in [-0.2, 0) is 50.8 Å². The average molecular weight is 613 g/mol. The van der Waals surface area contributed by atoms with E-state index in [0.29, 0.717) is 24.4 Å². The van der Waals surface area contributed by atoms with Gasteiger partial charge in [0.15, 0.2) is 0 Å². The van der Waals surface area contributed by atoms with Gasteiger partial charge in [0, 0.05) is 60.8 Å². The zero-order valence-electron chi connectivity index (χ0n) is 23.3. The van der Waals surface area contributed by atoms with E-state index in [1.807, 2.05) is 25.1 Å². The van der Waals surface area contributed by atoms with Crippen molar-refractivity contribution < 1.29 is 21.6 Å². The third-order valence-electron chi connectivity index (χ3n) is 7.12. The van der Waals surface area contributed by atoms with Crippen LogP contribution in [0.5, 0.6) is 0 Å². The van der Waals surface area contributed by atoms with Crippen LogP contribution in [0.4, 0.5) is 0 Å². The zero-order chi connectivity index (χ0) is 28.3. The molecule has 0 fully saturated rings. The third-order valence-corrected chi connectivity index (χ3v) is 10.7. The Hall–Kier alpha value is -2.31. The highest BCUT2D eigenvalue weighted by Gasteiger charge is 2.24. The van der Waals surface area contributed by atoms with E-state index >= 15 is 0 Å². The van der Waals surface area contributed by atoms with Crippen molar-refractivity contribution in [3.8, 4) is 0 Å². The second-order valence-corrected chi connectivity index (χ2v) is 14.3. The van der Waals surface area contributed by atoms with Crippen LogP contribution in [-0.4, -0.2) is 89.0 Å². The molecule has 234 valence electrons. The van der Waals surface area contributed by atoms with Crippen LogP contribution >= 0.6 is 0 Å². The first kappa shape index (κ1) is 38.7. The van der Waals surface area contributed by atoms with Gasteiger partial charge in [0.25, 0.3) is 0 Å². The van der Waals surface area contributed by atoms with Gasteiger partial charge in [0.1, 0.15) is 0 Å². The molecule has 0 N–H and O–H groups in total. The summed E-state index contributed by atoms with van der Waals surface area (Å²) in [5.74, 6) is 0.108. The number of fused-ring (bicyclic) bond motifs is 2. The number of hydrogen-bond donors (Lipinski definition) is 0. The van der Waals surface area contributed by atoms with E-state index in [4.69, 9.17) is 0 Å². The van der Waals surface area contributed by atoms with Crippen molar-refractivity contribution in [2.75, 3.05) is 47.8 Å². The van der Waals surface area contributed by atoms with Gasteiger partial charge in [-0.3, -0.25) is 9.69 Å². The molecule has 0 radical (unpaired) electrons. The lowest BCUT2D eigenvalue weighted by Gasteiger charge is -2.29. The van der Waals surface area contributed by atoms with E-state index in [2.05, 4.69) is 11.8 Å². The lowest BCUT2D eigenvalue weighted by Crippen LogP contribution is -2.35. The van der Waals surface area contributed by atoms with Crippen molar-refractivity contribution in [3.05, 3.63) is 58.7 Å². The molecule has 0 aromatic heterocycles. The highest BCUT2D eigenvalue weighted by Crippen LogP contribution is 2.25. The Labute approximate surface area is 250 Å². The van der Waals surface area contributed by atoms with Gasteiger partial charge in [-0.05, 0) is 65.9 Å². The summed E-state index contributed by atoms with van der Waals surface area (Å²) in [5.41, 5.74) is 4.48. The maximum atomic E-state index is 12.1. The topological polar surface area (TPSA) is 98.3 Å². The fraction of sp³-hybridized carbons (Fsp3) is 0.567. The van der Waals surface area contributed by atoms with Crippen molar-refractivity contribution in [1.29, 1.82) is 0 Å². The predicted molar refractivity (Wildman–Crippen MR) is 169 cm³/mol. The van der Waals surface area contributed by atoms with E-state index in [1.54, 1.807) is 37.2 Å². The Morgan fingerprint density at radius 1 is 0.707 bits per heavy atom. The number of hydrogen-bond acceptors (Lipinski definition) is 6. The number of sulfonamides is 2. The molecule has 0 aliphatic carbocycles. The summed E-state index contributed by atoms with van der Waals surface area (Å²) in [4.78, 5) is 16.6. The van der Waals surface area contributed by atoms with E-state index in [1.165, 1.54) is 28.3 Å². The predicted octanol–water partition coefficient (Wildman–Crippen LogP) is 4.45. The van der Waals surface area contributed by atoms with Gasteiger partial charge in [-0.2, -0.15) is 0 Å². The fourth-order valence-corrected chi connectivity index (χ4v) is 6.48. The molecule has 2 aromatic carbocycles. The van der Waals surface area contributed by atoms with Crippen LogP contribution in [0, 0.1) is 0 Å². The number of carbonyl (C=O) groups is 1. The Morgan fingerprint density at radius 3 is 1.56 bits per heavy atom. The molecule has 0 atom stereocenters. The average Bonchev–Trinajstić information content (AvgIpc) is 2.91. The van der Waals surface area contributed by atoms with Crippen molar-refractivity contribution >= 4 is 26.0 Å². The smallest absolute Gasteiger partial charge is 0.242 e. The Balaban J connectivity index is 0.000000730. The molecule has 0 saturated carbocycles. The quantitative estimate of drug-likeness (QED) is 0.478. The van der Waals surface area contributed by atoms with E-state index < -0.39 is 20.0 Å². The molecule has 0 spiro atoms. The minimum Gasteiger partial charge on any atom is -0.338 e. The normalized spacial score (nSPS) is 14.9. The summed E-state index contributed by atoms with van der Waals surface area (Å²) in [5, 5.41) is 0. The summed E-state index contributed by atoms with van der Waals surface area (Å²) in [6.07, 6.45) is 2.26. The second-order valence-electron chi connectivity index (χ2n) is 9.97. The van der Waals surface area contributed by atoms with E-state index in [-0.39, 0.29) is 33.1 Å². The van der Waals surface area contributed by atoms with E-state index in [9.17, 15) is 21.6 Å². The van der Waals surface area contributed by atoms with Gasteiger partial charge in [-0.15, -0.1) is 0 Å². The lowest BCUT2D eigenvalue weighted by atomic mass is 10.00. The number of likely N-dealkylation sites (N-methyl/N-ethyl adjacent to an activating group) is 1. The molecule has 0 unspecified atom stereocenters. The standard InChI is InChI=1S/C14H20N2O3S.C13H20N2O2S.3CH4/c1-4-14(17)16-8-7-11-5-6-13(9-12(11)10-16)20(18,19)15(2)3;1-4-15-8-7-11-5-6-13(9-12(11)10-15)18(16,17)14(2)3;;;/h5-6,9H,4,7-8,10H2,1-3H3;5-6,9H,4,7-8,10H2,1-3H3;3*1H4. The van der Waals surface area contributed by atoms with Gasteiger partial charge in [0.2, 0.25) is 26.0 Å². The Morgan fingerprint density at radius 2 is 1.15 bits per heavy atom. The summed E-state index contributed by atoms with van der Waals surface area (Å²) >= 11 is 0. The van der Waals surface area contributed by atoms with Crippen LogP contribution in [0.3, 0.4) is 0 Å². The third kappa shape index (κ3) is 8.84. The fourth-order valence-electron chi connectivity index (χ4n) is 4.57. The molecular weight excluding hydrogens is 560 g/mol. The van der Waals surface area contributed by atoms with Crippen molar-refractivity contribution in [1.82, 2.24) is 18.4 Å². The summed E-state index contributed by atoms with van der Waals surface area (Å²) < 4.78 is 50.9. The maximum absolute atomic E-state index is 12.1. The molecule has 0 bridgehead atoms. The largest absolute Gasteiger partial charge is 0.338 e. The molecule has 2 aliphatic heterocycles. The first-order chi connectivity index (χ1) is 17.8. The van der Waals surface area contributed by atoms with Gasteiger partial charge in [-0.1, -0.05) is 48.3 Å². The highest BCUT2D eigenvalue weighted by molar-refractivity contribution is 7.89. The van der Waals surface area contributed by atoms with Crippen LogP contribution in [0.1, 0.15) is 64.8 Å². The van der Waals surface area contributed by atoms with Crippen LogP contribution < -0.4 is 0 Å². The summed E-state index contributed by atoms with van der Waals surface area (Å²) in [6, 6.07) is 10.7. The summed E-state index contributed by atoms with van der Waals surface area (Å²) in [7, 11) is -0.587. The second kappa shape index (κ2) is 15.8. The first-order valence-corrected chi connectivity index (χ1v) is 15.8. The molecule has 2 aromatic rings. The van der Waals surface area contributed by atoms with Gasteiger partial charge >= 0.3 is 0 Å². The molecular formula is C30H52N4O5S2. The minimum atomic E-state index is -3.42. The Bertz CT molecular complexity index is 1370. The minimum absolute atomic E-state index is 0. The number of carbonyl (C=O) groups excluding carboxylic acids is 1. The van der Waals surface area contributed by atoms with E-state index in [0.717, 1.165) is 49.2 Å². The van der Waals surface area contributed by atoms with Crippen LogP contribution in [0.25, 0.3) is 0 Å². The lowest BCUT2D eigenvalue weighted by molar-refractivity contribution is -0.131. The molecule has 41 heavy (non-hydrogen) atoms. The molecule has 4 rings (SSSR count). The molecule has 11 heteroatoms. The highest BCUT2D eigenvalue weighted by atomic mass is 32.2. The number of amides is 1. The molecule has 2 aliphatic rings. The first-order valence-electron chi connectivity index (χ1n) is 12.9. The van der Waals surface area contributed by atoms with Gasteiger partial charge in [0.05, 0.1) is 9.79 Å². The monoisotopic (exact) mass is 612 g/mol. The number of nitrogens with zero attached hydrogens (tertiary/aromatic N) is 4. The maximum Gasteiger partial charge on any atom is 0.242 e. The molecule has 0 saturated heterocycles.